The van der Waals surface area contributed by atoms with Crippen LogP contribution in [0.2, 0.25) is 0 Å². The molecular formula is H6AlInNdZn. The molecule has 0 saturated heterocycles. The van der Waals surface area contributed by atoms with Gasteiger partial charge < -0.3 is 0 Å². The van der Waals surface area contributed by atoms with E-state index in [1.165, 1.54) is 0 Å². The Morgan fingerprint density at radius 2 is 1.00 bits per heavy atom. The van der Waals surface area contributed by atoms with E-state index in [1.54, 1.807) is 0 Å². The van der Waals surface area contributed by atoms with Gasteiger partial charge in [-0.2, -0.15) is 0 Å². The van der Waals surface area contributed by atoms with E-state index in [0.717, 1.165) is 0 Å². The first-order valence-electron chi connectivity index (χ1n) is 0. The fourth-order valence-corrected chi connectivity index (χ4v) is 0. The van der Waals surface area contributed by atoms with E-state index in [9.17, 15) is 0 Å². The Hall–Kier alpha value is 3.38. The fraction of sp³-hybridized carbons (Fsp3) is 0. The Morgan fingerprint density at radius 1 is 1.00 bits per heavy atom. The van der Waals surface area contributed by atoms with E-state index in [1.807, 2.05) is 0 Å². The maximum Gasteiger partial charge on any atom is 0 e. The van der Waals surface area contributed by atoms with Gasteiger partial charge in [-0.15, -0.1) is 0 Å². The van der Waals surface area contributed by atoms with Crippen molar-refractivity contribution in [2.75, 3.05) is 0 Å². The molecule has 0 saturated carbocycles. The van der Waals surface area contributed by atoms with Crippen LogP contribution in [0.1, 0.15) is 0 Å². The minimum absolute atomic E-state index is 0. The monoisotopic (exact) mass is 354 g/mol. The largest absolute Gasteiger partial charge is 0 e. The van der Waals surface area contributed by atoms with Crippen LogP contribution in [0.5, 0.6) is 0 Å². The molecule has 0 radical (unpaired) electrons. The van der Waals surface area contributed by atoms with Crippen LogP contribution < -0.4 is 0 Å². The summed E-state index contributed by atoms with van der Waals surface area (Å²) in [7, 11) is 0. The minimum Gasteiger partial charge on any atom is 0 e. The summed E-state index contributed by atoms with van der Waals surface area (Å²) in [6.07, 6.45) is 0. The van der Waals surface area contributed by atoms with Crippen molar-refractivity contribution in [3.05, 3.63) is 0 Å². The third kappa shape index (κ3) is 9.03. The van der Waals surface area contributed by atoms with Gasteiger partial charge in [0.15, 0.2) is 17.4 Å². The quantitative estimate of drug-likeness (QED) is 0.425. The van der Waals surface area contributed by atoms with Gasteiger partial charge >= 0.3 is 25.8 Å². The molecule has 4 heavy (non-hydrogen) atoms. The van der Waals surface area contributed by atoms with Crippen molar-refractivity contribution >= 4 is 43.2 Å². The minimum atomic E-state index is 0. The van der Waals surface area contributed by atoms with Crippen molar-refractivity contribution in [3.8, 4) is 0 Å². The Balaban J connectivity index is 0. The van der Waals surface area contributed by atoms with E-state index in [0.29, 0.717) is 0 Å². The zero-order valence-corrected chi connectivity index (χ0v) is 7.38. The molecule has 18 valence electrons. The van der Waals surface area contributed by atoms with Gasteiger partial charge in [-0.1, -0.05) is 0 Å². The van der Waals surface area contributed by atoms with Crippen molar-refractivity contribution in [1.82, 2.24) is 0 Å². The van der Waals surface area contributed by atoms with Crippen molar-refractivity contribution in [2.24, 2.45) is 0 Å². The first-order valence-corrected chi connectivity index (χ1v) is 0. The van der Waals surface area contributed by atoms with Crippen molar-refractivity contribution in [2.45, 2.75) is 0 Å². The van der Waals surface area contributed by atoms with Crippen LogP contribution in [-0.2, 0) is 19.5 Å². The maximum atomic E-state index is 0. The third-order valence-electron chi connectivity index (χ3n) is 0. The Kier molecular flexibility index (Phi) is 106. The second-order valence-corrected chi connectivity index (χ2v) is 0. The maximum absolute atomic E-state index is 0. The van der Waals surface area contributed by atoms with Gasteiger partial charge in [-0.3, -0.25) is 0 Å². The summed E-state index contributed by atoms with van der Waals surface area (Å²) in [5.74, 6) is 0. The van der Waals surface area contributed by atoms with Gasteiger partial charge in [0.25, 0.3) is 0 Å². The molecule has 4 heteroatoms. The molecule has 0 heterocycles. The molecule has 0 aliphatic rings. The Bertz CT molecular complexity index is 8.00. The molecule has 0 aliphatic carbocycles. The van der Waals surface area contributed by atoms with Crippen LogP contribution in [-0.4, -0.2) is 43.2 Å². The topological polar surface area (TPSA) is 0 Å². The summed E-state index contributed by atoms with van der Waals surface area (Å²) in [4.78, 5) is 0. The van der Waals surface area contributed by atoms with E-state index in [-0.39, 0.29) is 104 Å². The van der Waals surface area contributed by atoms with Crippen LogP contribution in [0.3, 0.4) is 0 Å². The predicted octanol–water partition coefficient (Wildman–Crippen LogP) is -2.37. The van der Waals surface area contributed by atoms with Gasteiger partial charge in [0, 0.05) is 60.3 Å². The van der Waals surface area contributed by atoms with Gasteiger partial charge in [-0.25, -0.2) is 0 Å². The first-order chi connectivity index (χ1) is 0. The van der Waals surface area contributed by atoms with Crippen molar-refractivity contribution in [3.63, 3.8) is 0 Å². The van der Waals surface area contributed by atoms with Gasteiger partial charge in [0.1, 0.15) is 0 Å². The fourth-order valence-electron chi connectivity index (χ4n) is 0. The first kappa shape index (κ1) is 26.3. The molecule has 0 atom stereocenters. The molecule has 0 amide bonds. The van der Waals surface area contributed by atoms with Crippen LogP contribution >= 0.6 is 0 Å². The second-order valence-electron chi connectivity index (χ2n) is 0. The van der Waals surface area contributed by atoms with E-state index >= 15 is 0 Å². The molecule has 0 bridgehead atoms. The SMILES string of the molecule is [AlH3].[InH3].[Nd].[Zn]. The van der Waals surface area contributed by atoms with E-state index in [2.05, 4.69) is 0 Å². The molecule has 0 aromatic carbocycles. The third-order valence-corrected chi connectivity index (χ3v) is 0. The molecule has 0 aliphatic heterocycles. The van der Waals surface area contributed by atoms with Crippen LogP contribution in [0.25, 0.3) is 0 Å². The average molecular weight is 357 g/mol. The molecular weight excluding hydrogens is 351 g/mol. The van der Waals surface area contributed by atoms with E-state index in [4.69, 9.17) is 0 Å². The Morgan fingerprint density at radius 3 is 1.00 bits per heavy atom. The van der Waals surface area contributed by atoms with E-state index < -0.39 is 0 Å². The summed E-state index contributed by atoms with van der Waals surface area (Å²) in [6.45, 7) is 0. The molecule has 0 rings (SSSR count). The smallest absolute Gasteiger partial charge is 0 e. The normalized spacial score (nSPS) is 0. The van der Waals surface area contributed by atoms with Crippen molar-refractivity contribution < 1.29 is 60.3 Å². The van der Waals surface area contributed by atoms with Gasteiger partial charge in [-0.05, 0) is 0 Å². The summed E-state index contributed by atoms with van der Waals surface area (Å²) in [5, 5.41) is 0. The second kappa shape index (κ2) is 16.2. The molecule has 0 N–H and O–H groups in total. The average Bonchev–Trinajstić information content (AvgIpc) is 0. The summed E-state index contributed by atoms with van der Waals surface area (Å²) >= 11 is 0. The van der Waals surface area contributed by atoms with Crippen LogP contribution in [0, 0.1) is 40.8 Å². The van der Waals surface area contributed by atoms with Crippen LogP contribution in [0.15, 0.2) is 0 Å². The van der Waals surface area contributed by atoms with Gasteiger partial charge in [0.2, 0.25) is 0 Å². The molecule has 0 aromatic rings. The molecule has 0 spiro atoms. The van der Waals surface area contributed by atoms with Gasteiger partial charge in [0.05, 0.1) is 0 Å². The van der Waals surface area contributed by atoms with Crippen LogP contribution in [0.4, 0.5) is 0 Å². The zero-order chi connectivity index (χ0) is 0. The molecule has 0 nitrogen and oxygen atoms in total. The molecule has 0 unspecified atom stereocenters. The molecule has 0 aromatic heterocycles. The zero-order valence-electron chi connectivity index (χ0n) is 1.21. The number of hydrogen-bond acceptors (Lipinski definition) is 0. The number of hydrogen-bond donors (Lipinski definition) is 0. The summed E-state index contributed by atoms with van der Waals surface area (Å²) < 4.78 is 0. The number of rotatable bonds is 0. The predicted molar refractivity (Wildman–Crippen MR) is 19.9 cm³/mol. The summed E-state index contributed by atoms with van der Waals surface area (Å²) in [5.41, 5.74) is 0. The Labute approximate surface area is 101 Å². The summed E-state index contributed by atoms with van der Waals surface area (Å²) in [6, 6.07) is 0. The standard InChI is InChI=1S/Al.In.Nd.Zn.6H. The molecule has 0 fully saturated rings. The van der Waals surface area contributed by atoms with Crippen molar-refractivity contribution in [1.29, 1.82) is 0 Å².